The SMILES string of the molecule is COC(=O)c1ccc(C(C)NC2CCOC(C)(C)C2)o1. The van der Waals surface area contributed by atoms with Crippen LogP contribution in [0.25, 0.3) is 0 Å². The first-order chi connectivity index (χ1) is 9.41. The molecule has 1 saturated heterocycles. The Morgan fingerprint density at radius 2 is 2.25 bits per heavy atom. The van der Waals surface area contributed by atoms with Crippen molar-refractivity contribution < 1.29 is 18.7 Å². The molecule has 0 bridgehead atoms. The molecule has 112 valence electrons. The van der Waals surface area contributed by atoms with E-state index < -0.39 is 5.97 Å². The van der Waals surface area contributed by atoms with Crippen LogP contribution in [0.3, 0.4) is 0 Å². The van der Waals surface area contributed by atoms with Crippen molar-refractivity contribution >= 4 is 5.97 Å². The molecular formula is C15H23NO4. The molecule has 0 spiro atoms. The zero-order valence-electron chi connectivity index (χ0n) is 12.6. The third-order valence-electron chi connectivity index (χ3n) is 3.62. The number of hydrogen-bond acceptors (Lipinski definition) is 5. The first kappa shape index (κ1) is 15.1. The molecule has 0 aromatic carbocycles. The second-order valence-electron chi connectivity index (χ2n) is 5.88. The molecule has 5 heteroatoms. The summed E-state index contributed by atoms with van der Waals surface area (Å²) in [5.41, 5.74) is -0.0873. The van der Waals surface area contributed by atoms with Crippen molar-refractivity contribution in [2.24, 2.45) is 0 Å². The summed E-state index contributed by atoms with van der Waals surface area (Å²) in [6, 6.07) is 3.90. The Balaban J connectivity index is 1.96. The van der Waals surface area contributed by atoms with Gasteiger partial charge in [0.2, 0.25) is 5.76 Å². The molecule has 1 aliphatic heterocycles. The van der Waals surface area contributed by atoms with Crippen LogP contribution in [0.4, 0.5) is 0 Å². The first-order valence-electron chi connectivity index (χ1n) is 6.99. The lowest BCUT2D eigenvalue weighted by Crippen LogP contribution is -2.44. The lowest BCUT2D eigenvalue weighted by Gasteiger charge is -2.37. The van der Waals surface area contributed by atoms with Gasteiger partial charge in [-0.15, -0.1) is 0 Å². The predicted molar refractivity (Wildman–Crippen MR) is 74.7 cm³/mol. The van der Waals surface area contributed by atoms with Crippen LogP contribution in [0.1, 0.15) is 56.0 Å². The fourth-order valence-electron chi connectivity index (χ4n) is 2.61. The molecule has 2 heterocycles. The van der Waals surface area contributed by atoms with Crippen LogP contribution in [0.5, 0.6) is 0 Å². The molecule has 1 N–H and O–H groups in total. The largest absolute Gasteiger partial charge is 0.463 e. The molecule has 0 aliphatic carbocycles. The molecule has 2 atom stereocenters. The highest BCUT2D eigenvalue weighted by Gasteiger charge is 2.30. The Bertz CT molecular complexity index is 466. The van der Waals surface area contributed by atoms with Crippen molar-refractivity contribution in [2.75, 3.05) is 13.7 Å². The van der Waals surface area contributed by atoms with Gasteiger partial charge in [0.25, 0.3) is 0 Å². The minimum atomic E-state index is -0.448. The lowest BCUT2D eigenvalue weighted by atomic mass is 9.93. The van der Waals surface area contributed by atoms with Crippen LogP contribution in [-0.4, -0.2) is 31.3 Å². The van der Waals surface area contributed by atoms with E-state index in [1.165, 1.54) is 7.11 Å². The lowest BCUT2D eigenvalue weighted by molar-refractivity contribution is -0.0642. The maximum atomic E-state index is 11.4. The first-order valence-corrected chi connectivity index (χ1v) is 6.99. The topological polar surface area (TPSA) is 60.7 Å². The van der Waals surface area contributed by atoms with Crippen LogP contribution < -0.4 is 5.32 Å². The summed E-state index contributed by atoms with van der Waals surface area (Å²) >= 11 is 0. The third-order valence-corrected chi connectivity index (χ3v) is 3.62. The number of methoxy groups -OCH3 is 1. The summed E-state index contributed by atoms with van der Waals surface area (Å²) in [5, 5.41) is 3.54. The fourth-order valence-corrected chi connectivity index (χ4v) is 2.61. The van der Waals surface area contributed by atoms with Crippen molar-refractivity contribution in [1.82, 2.24) is 5.32 Å². The van der Waals surface area contributed by atoms with E-state index in [4.69, 9.17) is 9.15 Å². The highest BCUT2D eigenvalue weighted by molar-refractivity contribution is 5.86. The second kappa shape index (κ2) is 5.97. The van der Waals surface area contributed by atoms with Crippen molar-refractivity contribution in [2.45, 2.75) is 51.3 Å². The van der Waals surface area contributed by atoms with E-state index in [9.17, 15) is 4.79 Å². The predicted octanol–water partition coefficient (Wildman–Crippen LogP) is 2.67. The van der Waals surface area contributed by atoms with Gasteiger partial charge in [0.1, 0.15) is 5.76 Å². The van der Waals surface area contributed by atoms with Crippen molar-refractivity contribution in [3.63, 3.8) is 0 Å². The molecule has 2 rings (SSSR count). The molecule has 1 aromatic rings. The summed E-state index contributed by atoms with van der Waals surface area (Å²) in [7, 11) is 1.34. The van der Waals surface area contributed by atoms with Crippen LogP contribution in [-0.2, 0) is 9.47 Å². The number of hydrogen-bond donors (Lipinski definition) is 1. The third kappa shape index (κ3) is 3.61. The van der Waals surface area contributed by atoms with E-state index in [1.807, 2.05) is 13.0 Å². The summed E-state index contributed by atoms with van der Waals surface area (Å²) in [4.78, 5) is 11.4. The van der Waals surface area contributed by atoms with Gasteiger partial charge < -0.3 is 19.2 Å². The average molecular weight is 281 g/mol. The number of rotatable bonds is 4. The molecule has 20 heavy (non-hydrogen) atoms. The van der Waals surface area contributed by atoms with Crippen LogP contribution in [0, 0.1) is 0 Å². The molecule has 0 amide bonds. The monoisotopic (exact) mass is 281 g/mol. The quantitative estimate of drug-likeness (QED) is 0.860. The minimum Gasteiger partial charge on any atom is -0.463 e. The highest BCUT2D eigenvalue weighted by atomic mass is 16.5. The van der Waals surface area contributed by atoms with E-state index in [2.05, 4.69) is 23.9 Å². The summed E-state index contributed by atoms with van der Waals surface area (Å²) in [6.07, 6.45) is 1.94. The van der Waals surface area contributed by atoms with Gasteiger partial charge in [-0.2, -0.15) is 0 Å². The number of ether oxygens (including phenoxy) is 2. The molecule has 5 nitrogen and oxygen atoms in total. The maximum Gasteiger partial charge on any atom is 0.373 e. The molecule has 1 aromatic heterocycles. The van der Waals surface area contributed by atoms with Gasteiger partial charge in [0.15, 0.2) is 0 Å². The van der Waals surface area contributed by atoms with Crippen molar-refractivity contribution in [3.8, 4) is 0 Å². The fraction of sp³-hybridized carbons (Fsp3) is 0.667. The summed E-state index contributed by atoms with van der Waals surface area (Å²) in [5.74, 6) is 0.536. The molecule has 2 unspecified atom stereocenters. The Kier molecular flexibility index (Phi) is 4.50. The summed E-state index contributed by atoms with van der Waals surface area (Å²) in [6.45, 7) is 7.01. The van der Waals surface area contributed by atoms with Crippen LogP contribution >= 0.6 is 0 Å². The van der Waals surface area contributed by atoms with Crippen LogP contribution in [0.15, 0.2) is 16.5 Å². The van der Waals surface area contributed by atoms with E-state index in [1.54, 1.807) is 6.07 Å². The van der Waals surface area contributed by atoms with Gasteiger partial charge in [-0.25, -0.2) is 4.79 Å². The Labute approximate surface area is 119 Å². The number of esters is 1. The zero-order valence-corrected chi connectivity index (χ0v) is 12.6. The molecule has 0 radical (unpaired) electrons. The van der Waals surface area contributed by atoms with Gasteiger partial charge >= 0.3 is 5.97 Å². The van der Waals surface area contributed by atoms with Gasteiger partial charge in [-0.1, -0.05) is 0 Å². The smallest absolute Gasteiger partial charge is 0.373 e. The Morgan fingerprint density at radius 1 is 1.50 bits per heavy atom. The number of nitrogens with one attached hydrogen (secondary N) is 1. The number of carbonyl (C=O) groups is 1. The average Bonchev–Trinajstić information content (AvgIpc) is 2.86. The zero-order chi connectivity index (χ0) is 14.8. The molecule has 1 aliphatic rings. The minimum absolute atomic E-state index is 0.0484. The van der Waals surface area contributed by atoms with Crippen LogP contribution in [0.2, 0.25) is 0 Å². The van der Waals surface area contributed by atoms with E-state index in [0.29, 0.717) is 6.04 Å². The van der Waals surface area contributed by atoms with Gasteiger partial charge in [-0.05, 0) is 45.7 Å². The van der Waals surface area contributed by atoms with Gasteiger partial charge in [-0.3, -0.25) is 0 Å². The summed E-state index contributed by atoms with van der Waals surface area (Å²) < 4.78 is 15.9. The number of carbonyl (C=O) groups excluding carboxylic acids is 1. The van der Waals surface area contributed by atoms with Gasteiger partial charge in [0, 0.05) is 12.6 Å². The number of furan rings is 1. The molecule has 0 saturated carbocycles. The van der Waals surface area contributed by atoms with E-state index in [0.717, 1.165) is 25.2 Å². The maximum absolute atomic E-state index is 11.4. The van der Waals surface area contributed by atoms with E-state index >= 15 is 0 Å². The van der Waals surface area contributed by atoms with Gasteiger partial charge in [0.05, 0.1) is 18.8 Å². The normalized spacial score (nSPS) is 23.3. The molecule has 1 fully saturated rings. The van der Waals surface area contributed by atoms with Crippen molar-refractivity contribution in [3.05, 3.63) is 23.7 Å². The Hall–Kier alpha value is -1.33. The standard InChI is InChI=1S/C15H23NO4/c1-10(12-5-6-13(20-12)14(17)18-4)16-11-7-8-19-15(2,3)9-11/h5-6,10-11,16H,7-9H2,1-4H3. The second-order valence-corrected chi connectivity index (χ2v) is 5.88. The van der Waals surface area contributed by atoms with E-state index in [-0.39, 0.29) is 17.4 Å². The highest BCUT2D eigenvalue weighted by Crippen LogP contribution is 2.26. The van der Waals surface area contributed by atoms with Crippen molar-refractivity contribution in [1.29, 1.82) is 0 Å². The molecular weight excluding hydrogens is 258 g/mol. The Morgan fingerprint density at radius 3 is 2.90 bits per heavy atom.